The summed E-state index contributed by atoms with van der Waals surface area (Å²) in [6.07, 6.45) is 9.67. The van der Waals surface area contributed by atoms with Crippen LogP contribution in [0, 0.1) is 12.8 Å². The van der Waals surface area contributed by atoms with Crippen molar-refractivity contribution in [3.63, 3.8) is 0 Å². The number of benzene rings is 2. The summed E-state index contributed by atoms with van der Waals surface area (Å²) in [5, 5.41) is 0. The summed E-state index contributed by atoms with van der Waals surface area (Å²) >= 11 is 0. The summed E-state index contributed by atoms with van der Waals surface area (Å²) in [4.78, 5) is 0. The van der Waals surface area contributed by atoms with E-state index in [1.165, 1.54) is 36.8 Å². The first-order valence-corrected chi connectivity index (χ1v) is 9.48. The molecule has 0 saturated heterocycles. The Morgan fingerprint density at radius 1 is 0.667 bits per heavy atom. The molecule has 0 aliphatic heterocycles. The van der Waals surface area contributed by atoms with Crippen LogP contribution in [0.2, 0.25) is 0 Å². The van der Waals surface area contributed by atoms with Crippen LogP contribution in [-0.2, 0) is 39.0 Å². The van der Waals surface area contributed by atoms with Gasteiger partial charge < -0.3 is 24.8 Å². The Kier molecular flexibility index (Phi) is 12.1. The van der Waals surface area contributed by atoms with E-state index in [4.69, 9.17) is 0 Å². The van der Waals surface area contributed by atoms with Gasteiger partial charge in [0.05, 0.1) is 0 Å². The molecule has 27 heavy (non-hydrogen) atoms. The zero-order chi connectivity index (χ0) is 17.1. The second-order valence-electron chi connectivity index (χ2n) is 7.63. The third kappa shape index (κ3) is 6.32. The molecule has 0 N–H and O–H groups in total. The van der Waals surface area contributed by atoms with Crippen LogP contribution in [0.3, 0.4) is 0 Å². The molecule has 0 nitrogen and oxygen atoms in total. The van der Waals surface area contributed by atoms with E-state index in [0.29, 0.717) is 11.8 Å². The Balaban J connectivity index is 0.000000451. The van der Waals surface area contributed by atoms with E-state index in [1.807, 2.05) is 0 Å². The molecule has 0 fully saturated rings. The Morgan fingerprint density at radius 3 is 1.37 bits per heavy atom. The van der Waals surface area contributed by atoms with E-state index in [2.05, 4.69) is 76.9 Å². The molecule has 0 heterocycles. The predicted molar refractivity (Wildman–Crippen MR) is 105 cm³/mol. The maximum atomic E-state index is 2.35. The first kappa shape index (κ1) is 26.6. The van der Waals surface area contributed by atoms with Crippen molar-refractivity contribution >= 4 is 0 Å². The third-order valence-electron chi connectivity index (χ3n) is 5.26. The van der Waals surface area contributed by atoms with E-state index >= 15 is 0 Å². The van der Waals surface area contributed by atoms with Gasteiger partial charge in [-0.05, 0) is 11.8 Å². The van der Waals surface area contributed by atoms with Gasteiger partial charge in [0.2, 0.25) is 0 Å². The van der Waals surface area contributed by atoms with Crippen LogP contribution in [0.15, 0.2) is 36.4 Å². The van der Waals surface area contributed by atoms with Crippen LogP contribution in [-0.4, -0.2) is 0 Å². The average molecular weight is 481 g/mol. The van der Waals surface area contributed by atoms with Crippen molar-refractivity contribution in [2.45, 2.75) is 65.2 Å². The molecule has 0 saturated carbocycles. The van der Waals surface area contributed by atoms with Gasteiger partial charge in [-0.1, -0.05) is 76.6 Å². The summed E-state index contributed by atoms with van der Waals surface area (Å²) in [5.41, 5.74) is 9.21. The van der Waals surface area contributed by atoms with Gasteiger partial charge in [0, 0.05) is 0 Å². The minimum atomic E-state index is 0. The molecule has 0 atom stereocenters. The fourth-order valence-electron chi connectivity index (χ4n) is 4.03. The standard InChI is InChI=1S/2C12H15.2ClH.Zr/c2*1-9(2)11-7-3-5-10-6-4-8-12(10)11;;;/h2*3,5-7,9H,4,8H2,1-2H3;2*1H;/q2*-1;;;+4/p-2. The zero-order valence-corrected chi connectivity index (χ0v) is 20.8. The van der Waals surface area contributed by atoms with Crippen LogP contribution in [0.1, 0.15) is 85.8 Å². The van der Waals surface area contributed by atoms with Crippen molar-refractivity contribution in [2.24, 2.45) is 0 Å². The van der Waals surface area contributed by atoms with Crippen LogP contribution < -0.4 is 24.8 Å². The van der Waals surface area contributed by atoms with E-state index in [9.17, 15) is 0 Å². The summed E-state index contributed by atoms with van der Waals surface area (Å²) in [5.74, 6) is 1.35. The molecule has 3 heteroatoms. The normalized spacial score (nSPS) is 13.0. The molecule has 0 radical (unpaired) electrons. The number of rotatable bonds is 2. The molecule has 144 valence electrons. The third-order valence-corrected chi connectivity index (χ3v) is 5.26. The predicted octanol–water partition coefficient (Wildman–Crippen LogP) is 0.623. The minimum absolute atomic E-state index is 0. The first-order chi connectivity index (χ1) is 11.6. The second kappa shape index (κ2) is 12.3. The molecule has 2 aliphatic rings. The van der Waals surface area contributed by atoms with Gasteiger partial charge in [-0.25, -0.2) is 0 Å². The van der Waals surface area contributed by atoms with Gasteiger partial charge in [0.15, 0.2) is 0 Å². The van der Waals surface area contributed by atoms with E-state index in [0.717, 1.165) is 0 Å². The molecule has 2 aromatic rings. The fraction of sp³-hybridized carbons (Fsp3) is 0.417. The number of halogens is 2. The molecule has 0 amide bonds. The maximum Gasteiger partial charge on any atom is 4.00 e. The van der Waals surface area contributed by atoms with Gasteiger partial charge >= 0.3 is 26.2 Å². The quantitative estimate of drug-likeness (QED) is 0.553. The number of hydrogen-bond donors (Lipinski definition) is 0. The van der Waals surface area contributed by atoms with Crippen molar-refractivity contribution in [3.8, 4) is 0 Å². The SMILES string of the molecule is CC(C)c1cccc2c1CC[CH-]2.CC(C)c1cccc2c1CC[CH-]2.[Cl-].[Cl-].[Zr+4]. The van der Waals surface area contributed by atoms with Crippen LogP contribution in [0.25, 0.3) is 0 Å². The number of fused-ring (bicyclic) bond motifs is 2. The molecular weight excluding hydrogens is 450 g/mol. The molecule has 0 unspecified atom stereocenters. The van der Waals surface area contributed by atoms with Gasteiger partial charge in [0.25, 0.3) is 0 Å². The van der Waals surface area contributed by atoms with Gasteiger partial charge in [0.1, 0.15) is 0 Å². The molecule has 0 aromatic heterocycles. The second-order valence-corrected chi connectivity index (χ2v) is 7.63. The van der Waals surface area contributed by atoms with E-state index in [1.54, 1.807) is 22.3 Å². The maximum absolute atomic E-state index is 2.35. The van der Waals surface area contributed by atoms with Crippen LogP contribution in [0.4, 0.5) is 0 Å². The Bertz CT molecular complexity index is 646. The Morgan fingerprint density at radius 2 is 1.04 bits per heavy atom. The fourth-order valence-corrected chi connectivity index (χ4v) is 4.03. The Hall–Kier alpha value is -0.357. The van der Waals surface area contributed by atoms with Crippen molar-refractivity contribution in [3.05, 3.63) is 82.6 Å². The summed E-state index contributed by atoms with van der Waals surface area (Å²) in [6.45, 7) is 9.09. The monoisotopic (exact) mass is 478 g/mol. The van der Waals surface area contributed by atoms with Crippen LogP contribution >= 0.6 is 0 Å². The van der Waals surface area contributed by atoms with Crippen LogP contribution in [0.5, 0.6) is 0 Å². The topological polar surface area (TPSA) is 0 Å². The number of hydrogen-bond acceptors (Lipinski definition) is 0. The average Bonchev–Trinajstić information content (AvgIpc) is 3.23. The molecule has 0 bridgehead atoms. The smallest absolute Gasteiger partial charge is 1.00 e. The molecule has 2 aliphatic carbocycles. The van der Waals surface area contributed by atoms with E-state index in [-0.39, 0.29) is 51.0 Å². The largest absolute Gasteiger partial charge is 4.00 e. The van der Waals surface area contributed by atoms with Gasteiger partial charge in [-0.3, -0.25) is 0 Å². The summed E-state index contributed by atoms with van der Waals surface area (Å²) < 4.78 is 0. The van der Waals surface area contributed by atoms with Crippen molar-refractivity contribution in [1.29, 1.82) is 0 Å². The van der Waals surface area contributed by atoms with Crippen molar-refractivity contribution in [2.75, 3.05) is 0 Å². The molecular formula is C24H30Cl2Zr. The summed E-state index contributed by atoms with van der Waals surface area (Å²) in [7, 11) is 0. The first-order valence-electron chi connectivity index (χ1n) is 9.48. The van der Waals surface area contributed by atoms with E-state index < -0.39 is 0 Å². The van der Waals surface area contributed by atoms with Crippen molar-refractivity contribution in [1.82, 2.24) is 0 Å². The van der Waals surface area contributed by atoms with Gasteiger partial charge in [-0.15, -0.1) is 23.3 Å². The van der Waals surface area contributed by atoms with Crippen molar-refractivity contribution < 1.29 is 51.0 Å². The molecule has 0 spiro atoms. The summed E-state index contributed by atoms with van der Waals surface area (Å²) in [6, 6.07) is 13.3. The Labute approximate surface area is 197 Å². The van der Waals surface area contributed by atoms with Gasteiger partial charge in [-0.2, -0.15) is 36.1 Å². The molecule has 4 rings (SSSR count). The molecule has 2 aromatic carbocycles. The zero-order valence-electron chi connectivity index (χ0n) is 16.9. The minimum Gasteiger partial charge on any atom is -1.00 e.